The summed E-state index contributed by atoms with van der Waals surface area (Å²) in [6.07, 6.45) is 10.6. The summed E-state index contributed by atoms with van der Waals surface area (Å²) in [7, 11) is -5.15. The van der Waals surface area contributed by atoms with Crippen molar-refractivity contribution in [1.82, 2.24) is 0 Å². The molecule has 0 aliphatic rings. The van der Waals surface area contributed by atoms with E-state index >= 15 is 0 Å². The Morgan fingerprint density at radius 1 is 0.929 bits per heavy atom. The van der Waals surface area contributed by atoms with Gasteiger partial charge in [-0.15, -0.1) is 0 Å². The Morgan fingerprint density at radius 3 is 1.89 bits per heavy atom. The fraction of sp³-hybridized carbons (Fsp3) is 0.941. The summed E-state index contributed by atoms with van der Waals surface area (Å²) in [4.78, 5) is 32.7. The molecule has 0 spiro atoms. The van der Waals surface area contributed by atoms with E-state index in [2.05, 4.69) is 16.2 Å². The van der Waals surface area contributed by atoms with Crippen LogP contribution >= 0.6 is 7.82 Å². The Kier molecular flexibility index (Phi) is 28.2. The van der Waals surface area contributed by atoms with Crippen LogP contribution in [0.4, 0.5) is 0 Å². The first kappa shape index (κ1) is 34.1. The van der Waals surface area contributed by atoms with E-state index in [1.807, 2.05) is 0 Å². The van der Waals surface area contributed by atoms with Crippen molar-refractivity contribution < 1.29 is 97.4 Å². The maximum atomic E-state index is 11.8. The molecule has 0 saturated heterocycles. The molecule has 1 N–H and O–H groups in total. The maximum absolute atomic E-state index is 11.8. The van der Waals surface area contributed by atoms with Gasteiger partial charge >= 0.3 is 65.1 Å². The van der Waals surface area contributed by atoms with Crippen LogP contribution in [0, 0.1) is 0 Å². The average molecular weight is 442 g/mol. The number of rotatable bonds is 18. The van der Waals surface area contributed by atoms with E-state index in [4.69, 9.17) is 9.84 Å². The molecule has 0 aromatic rings. The van der Waals surface area contributed by atoms with Crippen LogP contribution in [0.5, 0.6) is 0 Å². The zero-order chi connectivity index (χ0) is 19.7. The standard InChI is InChI=1S/C17H35O8P.2Na/c1-2-3-4-5-6-7-8-9-10-11-12-17(19)25-16(13-23-15-18)14-24-26(20,21)22;;/h16,18H,2-15H2,1H3,(H2,20,21,22);;/q;2*+1/p-2/t16-;;/m0../s1. The number of aliphatic hydroxyl groups excluding tert-OH is 1. The predicted molar refractivity (Wildman–Crippen MR) is 92.9 cm³/mol. The van der Waals surface area contributed by atoms with Crippen LogP contribution in [0.3, 0.4) is 0 Å². The van der Waals surface area contributed by atoms with Gasteiger partial charge < -0.3 is 33.5 Å². The Bertz CT molecular complexity index is 395. The summed E-state index contributed by atoms with van der Waals surface area (Å²) in [5, 5.41) is 8.60. The van der Waals surface area contributed by atoms with E-state index < -0.39 is 33.3 Å². The van der Waals surface area contributed by atoms with Gasteiger partial charge in [0.1, 0.15) is 12.9 Å². The third-order valence-corrected chi connectivity index (χ3v) is 4.31. The van der Waals surface area contributed by atoms with Gasteiger partial charge in [-0.25, -0.2) is 0 Å². The Hall–Kier alpha value is 1.50. The molecule has 11 heteroatoms. The van der Waals surface area contributed by atoms with E-state index in [0.717, 1.165) is 19.3 Å². The minimum Gasteiger partial charge on any atom is -0.790 e. The van der Waals surface area contributed by atoms with Gasteiger partial charge in [0, 0.05) is 6.42 Å². The fourth-order valence-electron chi connectivity index (χ4n) is 2.48. The summed E-state index contributed by atoms with van der Waals surface area (Å²) in [5.41, 5.74) is 0. The van der Waals surface area contributed by atoms with Gasteiger partial charge in [0.05, 0.1) is 21.0 Å². The monoisotopic (exact) mass is 442 g/mol. The molecule has 0 fully saturated rings. The number of carbonyl (C=O) groups is 1. The Morgan fingerprint density at radius 2 is 1.43 bits per heavy atom. The molecule has 0 aromatic heterocycles. The molecule has 0 radical (unpaired) electrons. The summed E-state index contributed by atoms with van der Waals surface area (Å²) < 4.78 is 24.3. The molecule has 0 aliphatic heterocycles. The Balaban J connectivity index is -0.00000312. The van der Waals surface area contributed by atoms with Crippen LogP contribution in [0.15, 0.2) is 0 Å². The van der Waals surface area contributed by atoms with Gasteiger partial charge in [-0.05, 0) is 6.42 Å². The van der Waals surface area contributed by atoms with Crippen molar-refractivity contribution in [1.29, 1.82) is 0 Å². The molecular formula is C17H33Na2O8P. The number of phosphoric ester groups is 1. The summed E-state index contributed by atoms with van der Waals surface area (Å²) in [6.45, 7) is 0.721. The first-order valence-electron chi connectivity index (χ1n) is 9.43. The van der Waals surface area contributed by atoms with Crippen molar-refractivity contribution >= 4 is 13.8 Å². The van der Waals surface area contributed by atoms with Crippen molar-refractivity contribution in [3.05, 3.63) is 0 Å². The number of phosphoric acid groups is 1. The predicted octanol–water partition coefficient (Wildman–Crippen LogP) is -3.97. The SMILES string of the molecule is CCCCCCCCCCCCC(=O)O[C@@H](COCO)COP(=O)([O-])[O-].[Na+].[Na+]. The number of aliphatic hydroxyl groups is 1. The van der Waals surface area contributed by atoms with Crippen LogP contribution in [-0.2, 0) is 23.4 Å². The first-order chi connectivity index (χ1) is 12.4. The fourth-order valence-corrected chi connectivity index (χ4v) is 2.83. The molecule has 0 aliphatic carbocycles. The molecule has 28 heavy (non-hydrogen) atoms. The molecule has 0 unspecified atom stereocenters. The van der Waals surface area contributed by atoms with Crippen LogP contribution < -0.4 is 68.9 Å². The average Bonchev–Trinajstić information content (AvgIpc) is 2.58. The van der Waals surface area contributed by atoms with Crippen molar-refractivity contribution in [2.45, 2.75) is 83.7 Å². The molecule has 8 nitrogen and oxygen atoms in total. The van der Waals surface area contributed by atoms with E-state index in [1.54, 1.807) is 0 Å². The van der Waals surface area contributed by atoms with Gasteiger partial charge in [-0.2, -0.15) is 0 Å². The molecule has 0 bridgehead atoms. The molecular weight excluding hydrogens is 409 g/mol. The third kappa shape index (κ3) is 25.5. The third-order valence-electron chi connectivity index (χ3n) is 3.85. The second kappa shape index (κ2) is 23.2. The van der Waals surface area contributed by atoms with E-state index in [-0.39, 0.29) is 72.1 Å². The van der Waals surface area contributed by atoms with Crippen molar-refractivity contribution in [2.75, 3.05) is 20.0 Å². The molecule has 0 rings (SSSR count). The molecule has 1 atom stereocenters. The van der Waals surface area contributed by atoms with Gasteiger partial charge in [-0.3, -0.25) is 4.79 Å². The van der Waals surface area contributed by atoms with Gasteiger partial charge in [0.25, 0.3) is 0 Å². The van der Waals surface area contributed by atoms with Crippen LogP contribution in [0.2, 0.25) is 0 Å². The topological polar surface area (TPSA) is 128 Å². The van der Waals surface area contributed by atoms with Crippen LogP contribution in [0.25, 0.3) is 0 Å². The minimum atomic E-state index is -5.15. The molecule has 0 saturated carbocycles. The van der Waals surface area contributed by atoms with Gasteiger partial charge in [0.15, 0.2) is 0 Å². The number of hydrogen-bond acceptors (Lipinski definition) is 8. The maximum Gasteiger partial charge on any atom is 1.00 e. The number of esters is 1. The summed E-state index contributed by atoms with van der Waals surface area (Å²) in [6, 6.07) is 0. The normalized spacial score (nSPS) is 12.0. The van der Waals surface area contributed by atoms with Gasteiger partial charge in [-0.1, -0.05) is 64.7 Å². The zero-order valence-corrected chi connectivity index (χ0v) is 22.6. The first-order valence-corrected chi connectivity index (χ1v) is 10.9. The quantitative estimate of drug-likeness (QED) is 0.0749. The molecule has 0 amide bonds. The zero-order valence-electron chi connectivity index (χ0n) is 17.7. The smallest absolute Gasteiger partial charge is 0.790 e. The Labute approximate surface area is 213 Å². The minimum absolute atomic E-state index is 0. The number of hydrogen-bond donors (Lipinski definition) is 1. The summed E-state index contributed by atoms with van der Waals surface area (Å²) >= 11 is 0. The number of unbranched alkanes of at least 4 members (excludes halogenated alkanes) is 9. The van der Waals surface area contributed by atoms with Crippen molar-refractivity contribution in [3.8, 4) is 0 Å². The van der Waals surface area contributed by atoms with E-state index in [0.29, 0.717) is 6.42 Å². The molecule has 0 heterocycles. The number of carbonyl (C=O) groups excluding carboxylic acids is 1. The van der Waals surface area contributed by atoms with Crippen molar-refractivity contribution in [3.63, 3.8) is 0 Å². The largest absolute Gasteiger partial charge is 1.00 e. The number of ether oxygens (including phenoxy) is 2. The van der Waals surface area contributed by atoms with E-state index in [1.165, 1.54) is 38.5 Å². The van der Waals surface area contributed by atoms with Gasteiger partial charge in [0.2, 0.25) is 0 Å². The second-order valence-corrected chi connectivity index (χ2v) is 7.44. The van der Waals surface area contributed by atoms with E-state index in [9.17, 15) is 19.1 Å². The van der Waals surface area contributed by atoms with Crippen LogP contribution in [0.1, 0.15) is 77.6 Å². The summed E-state index contributed by atoms with van der Waals surface area (Å²) in [5.74, 6) is -0.508. The van der Waals surface area contributed by atoms with Crippen LogP contribution in [-0.4, -0.2) is 37.2 Å². The molecule has 0 aromatic carbocycles. The van der Waals surface area contributed by atoms with Crippen molar-refractivity contribution in [2.24, 2.45) is 0 Å². The second-order valence-electron chi connectivity index (χ2n) is 6.29. The molecule has 156 valence electrons.